The SMILES string of the molecule is CC1(C)CC(=O)c2c(CCC(O)=C3C(=O)CC(c4ccccc4)CC3=NCCC(=O)O)noc2C1. The molecule has 1 unspecified atom stereocenters. The van der Waals surface area contributed by atoms with Gasteiger partial charge in [-0.05, 0) is 23.3 Å². The topological polar surface area (TPSA) is 130 Å². The van der Waals surface area contributed by atoms with E-state index >= 15 is 0 Å². The lowest BCUT2D eigenvalue weighted by Gasteiger charge is -2.27. The zero-order chi connectivity index (χ0) is 25.2. The summed E-state index contributed by atoms with van der Waals surface area (Å²) in [6.07, 6.45) is 1.87. The molecule has 2 aromatic rings. The molecule has 1 aromatic heterocycles. The van der Waals surface area contributed by atoms with Crippen LogP contribution in [0.5, 0.6) is 0 Å². The van der Waals surface area contributed by atoms with Crippen LogP contribution in [-0.4, -0.2) is 45.2 Å². The van der Waals surface area contributed by atoms with E-state index < -0.39 is 5.97 Å². The van der Waals surface area contributed by atoms with Gasteiger partial charge in [0.15, 0.2) is 11.6 Å². The second-order valence-corrected chi connectivity index (χ2v) is 10.1. The molecule has 1 atom stereocenters. The summed E-state index contributed by atoms with van der Waals surface area (Å²) in [6, 6.07) is 9.62. The fourth-order valence-corrected chi connectivity index (χ4v) is 4.97. The van der Waals surface area contributed by atoms with E-state index in [1.165, 1.54) is 0 Å². The molecule has 0 radical (unpaired) electrons. The number of ketones is 2. The second kappa shape index (κ2) is 9.98. The lowest BCUT2D eigenvalue weighted by Crippen LogP contribution is -2.27. The van der Waals surface area contributed by atoms with Gasteiger partial charge in [0.25, 0.3) is 0 Å². The number of nitrogens with zero attached hydrogens (tertiary/aromatic N) is 2. The maximum atomic E-state index is 13.1. The number of Topliss-reactive ketones (excluding diaryl/α,β-unsaturated/α-hetero) is 2. The highest BCUT2D eigenvalue weighted by molar-refractivity contribution is 6.24. The van der Waals surface area contributed by atoms with E-state index in [0.29, 0.717) is 42.0 Å². The van der Waals surface area contributed by atoms with Crippen molar-refractivity contribution in [2.45, 2.75) is 64.7 Å². The van der Waals surface area contributed by atoms with Crippen LogP contribution >= 0.6 is 0 Å². The van der Waals surface area contributed by atoms with Gasteiger partial charge >= 0.3 is 5.97 Å². The lowest BCUT2D eigenvalue weighted by atomic mass is 9.76. The number of aromatic nitrogens is 1. The van der Waals surface area contributed by atoms with Gasteiger partial charge in [-0.3, -0.25) is 19.4 Å². The van der Waals surface area contributed by atoms with E-state index in [1.54, 1.807) is 0 Å². The molecule has 35 heavy (non-hydrogen) atoms. The Morgan fingerprint density at radius 1 is 1.09 bits per heavy atom. The van der Waals surface area contributed by atoms with E-state index in [9.17, 15) is 19.5 Å². The van der Waals surface area contributed by atoms with Gasteiger partial charge in [0, 0.05) is 44.4 Å². The van der Waals surface area contributed by atoms with Gasteiger partial charge in [-0.2, -0.15) is 0 Å². The van der Waals surface area contributed by atoms with Crippen molar-refractivity contribution in [2.75, 3.05) is 6.54 Å². The van der Waals surface area contributed by atoms with Crippen LogP contribution in [0, 0.1) is 5.41 Å². The average molecular weight is 479 g/mol. The highest BCUT2D eigenvalue weighted by Crippen LogP contribution is 2.37. The van der Waals surface area contributed by atoms with Crippen molar-refractivity contribution >= 4 is 23.2 Å². The van der Waals surface area contributed by atoms with Crippen molar-refractivity contribution in [2.24, 2.45) is 10.4 Å². The zero-order valence-corrected chi connectivity index (χ0v) is 20.0. The Kier molecular flexibility index (Phi) is 7.00. The Balaban J connectivity index is 1.57. The summed E-state index contributed by atoms with van der Waals surface area (Å²) in [4.78, 5) is 41.2. The van der Waals surface area contributed by atoms with Crippen LogP contribution in [0.1, 0.15) is 79.2 Å². The number of allylic oxidation sites excluding steroid dienone is 2. The smallest absolute Gasteiger partial charge is 0.305 e. The number of carbonyl (C=O) groups excluding carboxylic acids is 2. The van der Waals surface area contributed by atoms with E-state index in [4.69, 9.17) is 9.63 Å². The van der Waals surface area contributed by atoms with E-state index in [1.807, 2.05) is 44.2 Å². The highest BCUT2D eigenvalue weighted by atomic mass is 16.5. The third kappa shape index (κ3) is 5.58. The molecular weight excluding hydrogens is 448 g/mol. The van der Waals surface area contributed by atoms with Crippen molar-refractivity contribution in [3.05, 3.63) is 64.2 Å². The van der Waals surface area contributed by atoms with Crippen LogP contribution in [-0.2, 0) is 22.4 Å². The summed E-state index contributed by atoms with van der Waals surface area (Å²) in [5.74, 6) is -0.853. The molecule has 184 valence electrons. The van der Waals surface area contributed by atoms with E-state index in [2.05, 4.69) is 10.1 Å². The number of carbonyl (C=O) groups is 3. The Labute approximate surface area is 203 Å². The molecule has 1 saturated carbocycles. The van der Waals surface area contributed by atoms with Crippen LogP contribution in [0.15, 0.2) is 51.2 Å². The van der Waals surface area contributed by atoms with Gasteiger partial charge in [-0.1, -0.05) is 49.3 Å². The number of aliphatic carboxylic acids is 1. The summed E-state index contributed by atoms with van der Waals surface area (Å²) < 4.78 is 5.44. The predicted octanol–water partition coefficient (Wildman–Crippen LogP) is 4.64. The minimum atomic E-state index is -0.977. The number of benzene rings is 1. The van der Waals surface area contributed by atoms with E-state index in [0.717, 1.165) is 5.56 Å². The van der Waals surface area contributed by atoms with Crippen molar-refractivity contribution in [1.29, 1.82) is 0 Å². The summed E-state index contributed by atoms with van der Waals surface area (Å²) in [5, 5.41) is 24.0. The van der Waals surface area contributed by atoms with E-state index in [-0.39, 0.29) is 66.5 Å². The fourth-order valence-electron chi connectivity index (χ4n) is 4.97. The molecule has 0 amide bonds. The van der Waals surface area contributed by atoms with Gasteiger partial charge in [0.05, 0.1) is 23.3 Å². The molecule has 2 aliphatic carbocycles. The number of carboxylic acids is 1. The number of aryl methyl sites for hydroxylation is 1. The van der Waals surface area contributed by atoms with Gasteiger partial charge in [0.2, 0.25) is 0 Å². The normalized spacial score (nSPS) is 22.2. The molecular formula is C27H30N2O6. The van der Waals surface area contributed by atoms with Crippen LogP contribution in [0.3, 0.4) is 0 Å². The molecule has 1 heterocycles. The van der Waals surface area contributed by atoms with Gasteiger partial charge in [-0.15, -0.1) is 0 Å². The second-order valence-electron chi connectivity index (χ2n) is 10.1. The molecule has 2 N–H and O–H groups in total. The molecule has 0 spiro atoms. The summed E-state index contributed by atoms with van der Waals surface area (Å²) >= 11 is 0. The first-order valence-corrected chi connectivity index (χ1v) is 11.9. The molecule has 0 aliphatic heterocycles. The minimum absolute atomic E-state index is 0.0185. The first-order chi connectivity index (χ1) is 16.6. The van der Waals surface area contributed by atoms with Crippen LogP contribution in [0.2, 0.25) is 0 Å². The molecule has 8 heteroatoms. The molecule has 0 saturated heterocycles. The molecule has 4 rings (SSSR count). The quantitative estimate of drug-likeness (QED) is 0.438. The Bertz CT molecular complexity index is 1210. The van der Waals surface area contributed by atoms with Crippen molar-refractivity contribution in [3.8, 4) is 0 Å². The van der Waals surface area contributed by atoms with Crippen LogP contribution < -0.4 is 0 Å². The standard InChI is InChI=1S/C27H30N2O6/c1-27(2)14-22(32)26-18(29-35-23(26)15-27)8-9-20(30)25-19(28-11-10-24(33)34)12-17(13-21(25)31)16-6-4-3-5-7-16/h3-7,17,30H,8-15H2,1-2H3,(H,33,34). The minimum Gasteiger partial charge on any atom is -0.511 e. The number of aliphatic imine (C=N–C) groups is 1. The Morgan fingerprint density at radius 2 is 1.83 bits per heavy atom. The number of hydrogen-bond donors (Lipinski definition) is 2. The predicted molar refractivity (Wildman–Crippen MR) is 129 cm³/mol. The average Bonchev–Trinajstić information content (AvgIpc) is 3.19. The third-order valence-corrected chi connectivity index (χ3v) is 6.62. The molecule has 8 nitrogen and oxygen atoms in total. The van der Waals surface area contributed by atoms with Crippen molar-refractivity contribution < 1.29 is 29.1 Å². The first kappa shape index (κ1) is 24.6. The lowest BCUT2D eigenvalue weighted by molar-refractivity contribution is -0.136. The largest absolute Gasteiger partial charge is 0.511 e. The molecule has 1 aromatic carbocycles. The summed E-state index contributed by atoms with van der Waals surface area (Å²) in [6.45, 7) is 4.04. The molecule has 0 bridgehead atoms. The maximum absolute atomic E-state index is 13.1. The zero-order valence-electron chi connectivity index (χ0n) is 20.0. The first-order valence-electron chi connectivity index (χ1n) is 11.9. The number of rotatable bonds is 7. The number of carboxylic acid groups (broad SMARTS) is 1. The van der Waals surface area contributed by atoms with Gasteiger partial charge in [-0.25, -0.2) is 0 Å². The molecule has 2 aliphatic rings. The highest BCUT2D eigenvalue weighted by Gasteiger charge is 2.37. The Hall–Kier alpha value is -3.55. The fraction of sp³-hybridized carbons (Fsp3) is 0.444. The monoisotopic (exact) mass is 478 g/mol. The van der Waals surface area contributed by atoms with Gasteiger partial charge in [0.1, 0.15) is 11.5 Å². The summed E-state index contributed by atoms with van der Waals surface area (Å²) in [5.41, 5.74) is 2.39. The van der Waals surface area contributed by atoms with Crippen LogP contribution in [0.25, 0.3) is 0 Å². The van der Waals surface area contributed by atoms with Gasteiger partial charge < -0.3 is 14.7 Å². The number of aliphatic hydroxyl groups is 1. The third-order valence-electron chi connectivity index (χ3n) is 6.62. The van der Waals surface area contributed by atoms with Crippen molar-refractivity contribution in [3.63, 3.8) is 0 Å². The number of aliphatic hydroxyl groups excluding tert-OH is 1. The Morgan fingerprint density at radius 3 is 2.54 bits per heavy atom. The number of hydrogen-bond acceptors (Lipinski definition) is 7. The maximum Gasteiger partial charge on any atom is 0.305 e. The van der Waals surface area contributed by atoms with Crippen molar-refractivity contribution in [1.82, 2.24) is 5.16 Å². The van der Waals surface area contributed by atoms with Crippen LogP contribution in [0.4, 0.5) is 0 Å². The number of fused-ring (bicyclic) bond motifs is 1. The molecule has 1 fully saturated rings. The summed E-state index contributed by atoms with van der Waals surface area (Å²) in [7, 11) is 0.